The minimum Gasteiger partial charge on any atom is -0.380 e. The molecule has 0 fully saturated rings. The van der Waals surface area contributed by atoms with Gasteiger partial charge in [0.05, 0.1) is 11.9 Å². The molecule has 20 heavy (non-hydrogen) atoms. The van der Waals surface area contributed by atoms with Crippen molar-refractivity contribution in [2.24, 2.45) is 0 Å². The first-order chi connectivity index (χ1) is 9.50. The van der Waals surface area contributed by atoms with E-state index in [-0.39, 0.29) is 5.03 Å². The van der Waals surface area contributed by atoms with Crippen molar-refractivity contribution in [3.05, 3.63) is 53.7 Å². The van der Waals surface area contributed by atoms with Crippen LogP contribution < -0.4 is 5.32 Å². The summed E-state index contributed by atoms with van der Waals surface area (Å²) in [5.41, 5.74) is 3.35. The van der Waals surface area contributed by atoms with Gasteiger partial charge < -0.3 is 5.32 Å². The third-order valence-corrected chi connectivity index (χ3v) is 4.10. The van der Waals surface area contributed by atoms with E-state index in [1.165, 1.54) is 17.2 Å². The summed E-state index contributed by atoms with van der Waals surface area (Å²) in [5.74, 6) is 0. The van der Waals surface area contributed by atoms with E-state index < -0.39 is 9.84 Å². The zero-order chi connectivity index (χ0) is 14.6. The van der Waals surface area contributed by atoms with Crippen LogP contribution in [0.5, 0.6) is 0 Å². The average molecular weight is 290 g/mol. The zero-order valence-electron chi connectivity index (χ0n) is 11.6. The zero-order valence-corrected chi connectivity index (χ0v) is 12.4. The maximum Gasteiger partial charge on any atom is 0.192 e. The highest BCUT2D eigenvalue weighted by Gasteiger charge is 2.08. The number of hydrogen-bond acceptors (Lipinski definition) is 4. The van der Waals surface area contributed by atoms with Gasteiger partial charge in [-0.05, 0) is 29.7 Å². The number of aromatic nitrogens is 1. The summed E-state index contributed by atoms with van der Waals surface area (Å²) < 4.78 is 22.6. The number of nitrogens with one attached hydrogen (secondary N) is 1. The van der Waals surface area contributed by atoms with Crippen LogP contribution in [0.4, 0.5) is 5.69 Å². The van der Waals surface area contributed by atoms with Crippen LogP contribution in [0.3, 0.4) is 0 Å². The van der Waals surface area contributed by atoms with Gasteiger partial charge in [0.2, 0.25) is 0 Å². The molecule has 0 unspecified atom stereocenters. The Bertz CT molecular complexity index is 679. The average Bonchev–Trinajstić information content (AvgIpc) is 2.45. The van der Waals surface area contributed by atoms with Gasteiger partial charge in [-0.2, -0.15) is 0 Å². The van der Waals surface area contributed by atoms with Gasteiger partial charge >= 0.3 is 0 Å². The lowest BCUT2D eigenvalue weighted by Gasteiger charge is -2.10. The Labute approximate surface area is 119 Å². The van der Waals surface area contributed by atoms with Gasteiger partial charge in [-0.1, -0.05) is 31.2 Å². The molecule has 0 saturated heterocycles. The van der Waals surface area contributed by atoms with Gasteiger partial charge in [-0.3, -0.25) is 0 Å². The molecule has 2 rings (SSSR count). The SMILES string of the molecule is CCc1ccccc1CNc1ccc(S(C)(=O)=O)nc1. The predicted octanol–water partition coefficient (Wildman–Crippen LogP) is 2.66. The fourth-order valence-corrected chi connectivity index (χ4v) is 2.54. The lowest BCUT2D eigenvalue weighted by atomic mass is 10.1. The van der Waals surface area contributed by atoms with Gasteiger partial charge in [-0.25, -0.2) is 13.4 Å². The smallest absolute Gasteiger partial charge is 0.192 e. The van der Waals surface area contributed by atoms with E-state index in [0.717, 1.165) is 18.4 Å². The monoisotopic (exact) mass is 290 g/mol. The van der Waals surface area contributed by atoms with Crippen molar-refractivity contribution < 1.29 is 8.42 Å². The third-order valence-electron chi connectivity index (χ3n) is 3.10. The van der Waals surface area contributed by atoms with Crippen LogP contribution in [-0.4, -0.2) is 19.7 Å². The summed E-state index contributed by atoms with van der Waals surface area (Å²) in [6, 6.07) is 11.5. The molecular formula is C15H18N2O2S. The topological polar surface area (TPSA) is 59.1 Å². The largest absolute Gasteiger partial charge is 0.380 e. The number of pyridine rings is 1. The maximum atomic E-state index is 11.3. The van der Waals surface area contributed by atoms with E-state index in [0.29, 0.717) is 6.54 Å². The van der Waals surface area contributed by atoms with Crippen LogP contribution in [0.1, 0.15) is 18.1 Å². The summed E-state index contributed by atoms with van der Waals surface area (Å²) in [4.78, 5) is 3.95. The third kappa shape index (κ3) is 3.57. The van der Waals surface area contributed by atoms with E-state index in [4.69, 9.17) is 0 Å². The van der Waals surface area contributed by atoms with Crippen molar-refractivity contribution in [3.8, 4) is 0 Å². The highest BCUT2D eigenvalue weighted by Crippen LogP contribution is 2.14. The summed E-state index contributed by atoms with van der Waals surface area (Å²) in [7, 11) is -3.24. The van der Waals surface area contributed by atoms with Gasteiger partial charge in [0.25, 0.3) is 0 Å². The Morgan fingerprint density at radius 2 is 1.80 bits per heavy atom. The van der Waals surface area contributed by atoms with Crippen LogP contribution >= 0.6 is 0 Å². The van der Waals surface area contributed by atoms with Gasteiger partial charge in [-0.15, -0.1) is 0 Å². The number of sulfone groups is 1. The molecule has 0 bridgehead atoms. The lowest BCUT2D eigenvalue weighted by molar-refractivity contribution is 0.598. The first-order valence-corrected chi connectivity index (χ1v) is 8.36. The van der Waals surface area contributed by atoms with Crippen LogP contribution in [0, 0.1) is 0 Å². The molecule has 0 aliphatic carbocycles. The predicted molar refractivity (Wildman–Crippen MR) is 80.5 cm³/mol. The Kier molecular flexibility index (Phi) is 4.39. The Morgan fingerprint density at radius 1 is 1.10 bits per heavy atom. The standard InChI is InChI=1S/C15H18N2O2S/c1-3-12-6-4-5-7-13(12)10-16-14-8-9-15(17-11-14)20(2,18)19/h4-9,11,16H,3,10H2,1-2H3. The molecule has 1 aromatic heterocycles. The van der Waals surface area contributed by atoms with Gasteiger partial charge in [0.1, 0.15) is 0 Å². The maximum absolute atomic E-state index is 11.3. The number of hydrogen-bond donors (Lipinski definition) is 1. The van der Waals surface area contributed by atoms with E-state index >= 15 is 0 Å². The summed E-state index contributed by atoms with van der Waals surface area (Å²) >= 11 is 0. The Morgan fingerprint density at radius 3 is 2.35 bits per heavy atom. The number of nitrogens with zero attached hydrogens (tertiary/aromatic N) is 1. The number of benzene rings is 1. The highest BCUT2D eigenvalue weighted by molar-refractivity contribution is 7.90. The second-order valence-electron chi connectivity index (χ2n) is 4.63. The summed E-state index contributed by atoms with van der Waals surface area (Å²) in [6.45, 7) is 2.82. The van der Waals surface area contributed by atoms with Crippen molar-refractivity contribution in [1.29, 1.82) is 0 Å². The Balaban J connectivity index is 2.08. The van der Waals surface area contributed by atoms with Crippen molar-refractivity contribution >= 4 is 15.5 Å². The van der Waals surface area contributed by atoms with E-state index in [9.17, 15) is 8.42 Å². The molecule has 1 N–H and O–H groups in total. The molecule has 0 saturated carbocycles. The van der Waals surface area contributed by atoms with Crippen LogP contribution in [-0.2, 0) is 22.8 Å². The van der Waals surface area contributed by atoms with Gasteiger partial charge in [0, 0.05) is 12.8 Å². The fourth-order valence-electron chi connectivity index (χ4n) is 1.98. The van der Waals surface area contributed by atoms with Crippen molar-refractivity contribution in [3.63, 3.8) is 0 Å². The quantitative estimate of drug-likeness (QED) is 0.919. The molecule has 0 aliphatic rings. The summed E-state index contributed by atoms with van der Waals surface area (Å²) in [6.07, 6.45) is 3.69. The molecule has 0 radical (unpaired) electrons. The number of anilines is 1. The first kappa shape index (κ1) is 14.5. The van der Waals surface area contributed by atoms with Crippen LogP contribution in [0.15, 0.2) is 47.6 Å². The molecule has 0 amide bonds. The normalized spacial score (nSPS) is 11.3. The molecule has 106 valence electrons. The molecule has 4 nitrogen and oxygen atoms in total. The minimum atomic E-state index is -3.24. The molecule has 0 aliphatic heterocycles. The number of aryl methyl sites for hydroxylation is 1. The Hall–Kier alpha value is -1.88. The van der Waals surface area contributed by atoms with Gasteiger partial charge in [0.15, 0.2) is 14.9 Å². The molecule has 1 aromatic carbocycles. The van der Waals surface area contributed by atoms with Crippen molar-refractivity contribution in [2.75, 3.05) is 11.6 Å². The van der Waals surface area contributed by atoms with E-state index in [1.54, 1.807) is 12.3 Å². The molecule has 2 aromatic rings. The second-order valence-corrected chi connectivity index (χ2v) is 6.60. The summed E-state index contributed by atoms with van der Waals surface area (Å²) in [5, 5.41) is 3.35. The van der Waals surface area contributed by atoms with Crippen LogP contribution in [0.2, 0.25) is 0 Å². The molecule has 1 heterocycles. The van der Waals surface area contributed by atoms with Crippen molar-refractivity contribution in [2.45, 2.75) is 24.9 Å². The lowest BCUT2D eigenvalue weighted by Crippen LogP contribution is -2.04. The molecule has 0 atom stereocenters. The molecular weight excluding hydrogens is 272 g/mol. The highest BCUT2D eigenvalue weighted by atomic mass is 32.2. The molecule has 0 spiro atoms. The first-order valence-electron chi connectivity index (χ1n) is 6.47. The second kappa shape index (κ2) is 6.05. The fraction of sp³-hybridized carbons (Fsp3) is 0.267. The minimum absolute atomic E-state index is 0.0945. The van der Waals surface area contributed by atoms with Crippen molar-refractivity contribution in [1.82, 2.24) is 4.98 Å². The van der Waals surface area contributed by atoms with E-state index in [2.05, 4.69) is 29.4 Å². The number of rotatable bonds is 5. The van der Waals surface area contributed by atoms with E-state index in [1.807, 2.05) is 12.1 Å². The van der Waals surface area contributed by atoms with Crippen LogP contribution in [0.25, 0.3) is 0 Å². The molecule has 5 heteroatoms.